The molecular formula is C12H17ClN2O3. The lowest BCUT2D eigenvalue weighted by Gasteiger charge is -2.24. The molecule has 100 valence electrons. The maximum atomic E-state index is 10.9. The summed E-state index contributed by atoms with van der Waals surface area (Å²) in [6.45, 7) is 4.68. The largest absolute Gasteiger partial charge is 0.478 e. The highest BCUT2D eigenvalue weighted by molar-refractivity contribution is 6.29. The van der Waals surface area contributed by atoms with Gasteiger partial charge in [-0.3, -0.25) is 0 Å². The molecule has 3 N–H and O–H groups in total. The van der Waals surface area contributed by atoms with Crippen LogP contribution in [0.25, 0.3) is 0 Å². The Hall–Kier alpha value is -1.33. The number of rotatable bonds is 6. The second kappa shape index (κ2) is 6.02. The molecule has 18 heavy (non-hydrogen) atoms. The molecule has 1 heterocycles. The van der Waals surface area contributed by atoms with Gasteiger partial charge in [-0.15, -0.1) is 0 Å². The number of aliphatic hydroxyl groups is 1. The monoisotopic (exact) mass is 272 g/mol. The number of nitrogens with one attached hydrogen (secondary N) is 1. The minimum atomic E-state index is -1.04. The molecule has 1 aromatic heterocycles. The van der Waals surface area contributed by atoms with Gasteiger partial charge in [-0.1, -0.05) is 25.4 Å². The van der Waals surface area contributed by atoms with Gasteiger partial charge in [0.1, 0.15) is 11.0 Å². The predicted octanol–water partition coefficient (Wildman–Crippen LogP) is 2.25. The molecule has 0 unspecified atom stereocenters. The molecule has 0 aliphatic rings. The van der Waals surface area contributed by atoms with E-state index >= 15 is 0 Å². The summed E-state index contributed by atoms with van der Waals surface area (Å²) in [6, 6.07) is 2.73. The van der Waals surface area contributed by atoms with Crippen LogP contribution in [0, 0.1) is 5.41 Å². The van der Waals surface area contributed by atoms with E-state index in [9.17, 15) is 4.79 Å². The van der Waals surface area contributed by atoms with E-state index < -0.39 is 5.97 Å². The van der Waals surface area contributed by atoms with E-state index in [1.807, 2.05) is 13.8 Å². The van der Waals surface area contributed by atoms with Crippen LogP contribution in [-0.2, 0) is 0 Å². The average Bonchev–Trinajstić information content (AvgIpc) is 2.26. The highest BCUT2D eigenvalue weighted by Crippen LogP contribution is 2.21. The molecule has 0 aliphatic heterocycles. The van der Waals surface area contributed by atoms with E-state index in [1.165, 1.54) is 12.1 Å². The van der Waals surface area contributed by atoms with Crippen molar-refractivity contribution in [3.8, 4) is 0 Å². The Balaban J connectivity index is 2.76. The topological polar surface area (TPSA) is 82.5 Å². The number of hydrogen-bond donors (Lipinski definition) is 3. The van der Waals surface area contributed by atoms with Crippen molar-refractivity contribution in [2.75, 3.05) is 18.5 Å². The maximum absolute atomic E-state index is 10.9. The van der Waals surface area contributed by atoms with E-state index in [0.29, 0.717) is 18.8 Å². The van der Waals surface area contributed by atoms with Crippen LogP contribution in [0.5, 0.6) is 0 Å². The molecule has 0 atom stereocenters. The van der Waals surface area contributed by atoms with E-state index in [0.717, 1.165) is 0 Å². The Kier molecular flexibility index (Phi) is 4.93. The first kappa shape index (κ1) is 14.7. The zero-order valence-electron chi connectivity index (χ0n) is 10.4. The summed E-state index contributed by atoms with van der Waals surface area (Å²) >= 11 is 5.75. The molecule has 0 fully saturated rings. The molecule has 0 spiro atoms. The Labute approximate surface area is 111 Å². The summed E-state index contributed by atoms with van der Waals surface area (Å²) < 4.78 is 0. The summed E-state index contributed by atoms with van der Waals surface area (Å²) in [5.74, 6) is -0.622. The number of aromatic nitrogens is 1. The molecule has 6 heteroatoms. The smallest absolute Gasteiger partial charge is 0.335 e. The molecule has 1 aromatic rings. The van der Waals surface area contributed by atoms with Crippen LogP contribution >= 0.6 is 11.6 Å². The number of nitrogens with zero attached hydrogens (tertiary/aromatic N) is 1. The van der Waals surface area contributed by atoms with Crippen LogP contribution in [-0.4, -0.2) is 34.3 Å². The highest BCUT2D eigenvalue weighted by Gasteiger charge is 2.17. The van der Waals surface area contributed by atoms with Gasteiger partial charge in [0.25, 0.3) is 0 Å². The molecule has 0 saturated carbocycles. The first-order valence-electron chi connectivity index (χ1n) is 5.60. The van der Waals surface area contributed by atoms with Gasteiger partial charge in [-0.25, -0.2) is 9.78 Å². The number of aliphatic hydroxyl groups excluding tert-OH is 1. The van der Waals surface area contributed by atoms with Crippen molar-refractivity contribution in [3.05, 3.63) is 22.8 Å². The lowest BCUT2D eigenvalue weighted by atomic mass is 9.90. The van der Waals surface area contributed by atoms with Gasteiger partial charge in [0.2, 0.25) is 0 Å². The molecule has 0 saturated heterocycles. The fraction of sp³-hybridized carbons (Fsp3) is 0.500. The summed E-state index contributed by atoms with van der Waals surface area (Å²) in [5.41, 5.74) is -0.0141. The fourth-order valence-electron chi connectivity index (χ4n) is 1.43. The normalized spacial score (nSPS) is 11.3. The summed E-state index contributed by atoms with van der Waals surface area (Å²) in [6.07, 6.45) is 0.645. The molecule has 5 nitrogen and oxygen atoms in total. The number of halogens is 1. The molecule has 0 amide bonds. The Bertz CT molecular complexity index is 435. The zero-order chi connectivity index (χ0) is 13.8. The Morgan fingerprint density at radius 3 is 2.72 bits per heavy atom. The van der Waals surface area contributed by atoms with Crippen molar-refractivity contribution in [3.63, 3.8) is 0 Å². The van der Waals surface area contributed by atoms with Crippen LogP contribution in [0.1, 0.15) is 30.6 Å². The van der Waals surface area contributed by atoms with E-state index in [2.05, 4.69) is 10.3 Å². The summed E-state index contributed by atoms with van der Waals surface area (Å²) in [7, 11) is 0. The second-order valence-corrected chi connectivity index (χ2v) is 5.25. The van der Waals surface area contributed by atoms with E-state index in [4.69, 9.17) is 21.8 Å². The third-order valence-electron chi connectivity index (χ3n) is 2.58. The number of carboxylic acid groups (broad SMARTS) is 1. The lowest BCUT2D eigenvalue weighted by molar-refractivity contribution is 0.0697. The number of aromatic carboxylic acids is 1. The number of anilines is 1. The minimum absolute atomic E-state index is 0.0949. The molecule has 0 radical (unpaired) electrons. The van der Waals surface area contributed by atoms with Gasteiger partial charge in [-0.05, 0) is 24.0 Å². The number of carboxylic acids is 1. The minimum Gasteiger partial charge on any atom is -0.478 e. The van der Waals surface area contributed by atoms with Gasteiger partial charge in [0.15, 0.2) is 0 Å². The van der Waals surface area contributed by atoms with Gasteiger partial charge < -0.3 is 15.5 Å². The van der Waals surface area contributed by atoms with Crippen molar-refractivity contribution in [2.24, 2.45) is 5.41 Å². The Morgan fingerprint density at radius 1 is 1.50 bits per heavy atom. The average molecular weight is 273 g/mol. The van der Waals surface area contributed by atoms with E-state index in [-0.39, 0.29) is 22.7 Å². The summed E-state index contributed by atoms with van der Waals surface area (Å²) in [4.78, 5) is 14.9. The third-order valence-corrected chi connectivity index (χ3v) is 2.77. The molecule has 0 aromatic carbocycles. The van der Waals surface area contributed by atoms with Crippen LogP contribution < -0.4 is 5.32 Å². The van der Waals surface area contributed by atoms with Crippen molar-refractivity contribution in [1.82, 2.24) is 4.98 Å². The van der Waals surface area contributed by atoms with E-state index in [1.54, 1.807) is 0 Å². The third kappa shape index (κ3) is 4.50. The molecule has 1 rings (SSSR count). The molecule has 0 bridgehead atoms. The number of hydrogen-bond acceptors (Lipinski definition) is 4. The SMILES string of the molecule is CC(C)(CCO)CNc1cc(C(=O)O)cc(Cl)n1. The van der Waals surface area contributed by atoms with Crippen LogP contribution in [0.2, 0.25) is 5.15 Å². The van der Waals surface area contributed by atoms with Crippen molar-refractivity contribution < 1.29 is 15.0 Å². The van der Waals surface area contributed by atoms with Crippen molar-refractivity contribution in [1.29, 1.82) is 0 Å². The lowest BCUT2D eigenvalue weighted by Crippen LogP contribution is -2.24. The standard InChI is InChI=1S/C12H17ClN2O3/c1-12(2,3-4-16)7-14-10-6-8(11(17)18)5-9(13)15-10/h5-6,16H,3-4,7H2,1-2H3,(H,14,15)(H,17,18). The second-order valence-electron chi connectivity index (χ2n) is 4.86. The summed E-state index contributed by atoms with van der Waals surface area (Å²) in [5, 5.41) is 21.0. The van der Waals surface area contributed by atoms with Gasteiger partial charge in [0.05, 0.1) is 5.56 Å². The Morgan fingerprint density at radius 2 is 2.17 bits per heavy atom. The molecular weight excluding hydrogens is 256 g/mol. The predicted molar refractivity (Wildman–Crippen MR) is 70.2 cm³/mol. The van der Waals surface area contributed by atoms with Crippen LogP contribution in [0.3, 0.4) is 0 Å². The van der Waals surface area contributed by atoms with Crippen LogP contribution in [0.15, 0.2) is 12.1 Å². The fourth-order valence-corrected chi connectivity index (χ4v) is 1.64. The molecule has 0 aliphatic carbocycles. The maximum Gasteiger partial charge on any atom is 0.335 e. The number of pyridine rings is 1. The van der Waals surface area contributed by atoms with Gasteiger partial charge >= 0.3 is 5.97 Å². The number of carbonyl (C=O) groups is 1. The first-order valence-corrected chi connectivity index (χ1v) is 5.97. The van der Waals surface area contributed by atoms with Crippen molar-refractivity contribution in [2.45, 2.75) is 20.3 Å². The zero-order valence-corrected chi connectivity index (χ0v) is 11.2. The first-order chi connectivity index (χ1) is 8.34. The quantitative estimate of drug-likeness (QED) is 0.692. The van der Waals surface area contributed by atoms with Crippen LogP contribution in [0.4, 0.5) is 5.82 Å². The van der Waals surface area contributed by atoms with Crippen molar-refractivity contribution >= 4 is 23.4 Å². The highest BCUT2D eigenvalue weighted by atomic mass is 35.5. The van der Waals surface area contributed by atoms with Gasteiger partial charge in [-0.2, -0.15) is 0 Å². The van der Waals surface area contributed by atoms with Gasteiger partial charge in [0, 0.05) is 13.2 Å².